The lowest BCUT2D eigenvalue weighted by Gasteiger charge is -2.06. The summed E-state index contributed by atoms with van der Waals surface area (Å²) < 4.78 is 7.62. The number of nitrogens with zero attached hydrogens (tertiary/aromatic N) is 2. The zero-order valence-electron chi connectivity index (χ0n) is 13.0. The van der Waals surface area contributed by atoms with E-state index in [0.29, 0.717) is 6.61 Å². The lowest BCUT2D eigenvalue weighted by molar-refractivity contribution is 0.113. The van der Waals surface area contributed by atoms with E-state index in [1.165, 1.54) is 5.56 Å². The van der Waals surface area contributed by atoms with Crippen LogP contribution in [0.2, 0.25) is 0 Å². The lowest BCUT2D eigenvalue weighted by atomic mass is 10.2. The van der Waals surface area contributed by atoms with Crippen molar-refractivity contribution in [3.63, 3.8) is 0 Å². The molecule has 0 spiro atoms. The summed E-state index contributed by atoms with van der Waals surface area (Å²) in [6.07, 6.45) is 1.99. The molecule has 0 aliphatic heterocycles. The first-order valence-electron chi connectivity index (χ1n) is 7.63. The van der Waals surface area contributed by atoms with Gasteiger partial charge in [0, 0.05) is 20.2 Å². The molecule has 0 fully saturated rings. The average Bonchev–Trinajstić information content (AvgIpc) is 2.88. The van der Waals surface area contributed by atoms with Crippen LogP contribution in [0.3, 0.4) is 0 Å². The third kappa shape index (κ3) is 5.33. The fourth-order valence-electron chi connectivity index (χ4n) is 2.18. The minimum atomic E-state index is 0.641. The number of hydrogen-bond acceptors (Lipinski definition) is 3. The molecular weight excluding hydrogens is 262 g/mol. The zero-order valence-corrected chi connectivity index (χ0v) is 13.0. The van der Waals surface area contributed by atoms with Crippen LogP contribution in [0, 0.1) is 0 Å². The van der Waals surface area contributed by atoms with E-state index in [4.69, 9.17) is 4.74 Å². The van der Waals surface area contributed by atoms with Gasteiger partial charge in [-0.05, 0) is 31.0 Å². The molecule has 0 amide bonds. The number of benzene rings is 1. The molecule has 0 saturated heterocycles. The maximum atomic E-state index is 5.71. The van der Waals surface area contributed by atoms with Crippen LogP contribution in [-0.4, -0.2) is 22.9 Å². The van der Waals surface area contributed by atoms with Crippen molar-refractivity contribution in [1.29, 1.82) is 0 Å². The van der Waals surface area contributed by atoms with Crippen molar-refractivity contribution >= 4 is 0 Å². The van der Waals surface area contributed by atoms with E-state index < -0.39 is 0 Å². The summed E-state index contributed by atoms with van der Waals surface area (Å²) in [6, 6.07) is 12.6. The number of ether oxygens (including phenoxy) is 1. The van der Waals surface area contributed by atoms with Gasteiger partial charge in [0.25, 0.3) is 0 Å². The van der Waals surface area contributed by atoms with Crippen molar-refractivity contribution < 1.29 is 4.74 Å². The molecular formula is C17H25N3O. The van der Waals surface area contributed by atoms with Crippen LogP contribution in [0.1, 0.15) is 30.3 Å². The number of aryl methyl sites for hydroxylation is 2. The second kappa shape index (κ2) is 8.60. The molecule has 0 aliphatic rings. The number of hydrogen-bond donors (Lipinski definition) is 1. The van der Waals surface area contributed by atoms with Crippen LogP contribution in [-0.2, 0) is 31.4 Å². The van der Waals surface area contributed by atoms with Gasteiger partial charge in [-0.3, -0.25) is 4.68 Å². The van der Waals surface area contributed by atoms with Gasteiger partial charge >= 0.3 is 0 Å². The van der Waals surface area contributed by atoms with E-state index in [-0.39, 0.29) is 0 Å². The van der Waals surface area contributed by atoms with Gasteiger partial charge in [0.1, 0.15) is 0 Å². The smallest absolute Gasteiger partial charge is 0.0884 e. The molecule has 1 heterocycles. The van der Waals surface area contributed by atoms with Gasteiger partial charge in [-0.25, -0.2) is 0 Å². The molecule has 0 saturated carbocycles. The van der Waals surface area contributed by atoms with Gasteiger partial charge in [-0.2, -0.15) is 5.10 Å². The fraction of sp³-hybridized carbons (Fsp3) is 0.471. The molecule has 4 heteroatoms. The normalized spacial score (nSPS) is 11.0. The highest BCUT2D eigenvalue weighted by Crippen LogP contribution is 2.05. The summed E-state index contributed by atoms with van der Waals surface area (Å²) in [5, 5.41) is 7.84. The van der Waals surface area contributed by atoms with Gasteiger partial charge in [-0.15, -0.1) is 0 Å². The zero-order chi connectivity index (χ0) is 14.9. The molecule has 1 N–H and O–H groups in total. The Kier molecular flexibility index (Phi) is 6.44. The van der Waals surface area contributed by atoms with Crippen molar-refractivity contribution in [3.8, 4) is 0 Å². The van der Waals surface area contributed by atoms with Crippen molar-refractivity contribution in [1.82, 2.24) is 15.1 Å². The Morgan fingerprint density at radius 2 is 2.05 bits per heavy atom. The first-order chi connectivity index (χ1) is 10.3. The van der Waals surface area contributed by atoms with Crippen LogP contribution in [0.4, 0.5) is 0 Å². The molecule has 0 aliphatic carbocycles. The van der Waals surface area contributed by atoms with Gasteiger partial charge in [0.15, 0.2) is 0 Å². The van der Waals surface area contributed by atoms with E-state index in [1.54, 1.807) is 0 Å². The van der Waals surface area contributed by atoms with Gasteiger partial charge in [0.05, 0.1) is 18.0 Å². The third-order valence-corrected chi connectivity index (χ3v) is 3.45. The van der Waals surface area contributed by atoms with E-state index >= 15 is 0 Å². The summed E-state index contributed by atoms with van der Waals surface area (Å²) in [7, 11) is 1.97. The molecule has 2 rings (SSSR count). The molecule has 0 radical (unpaired) electrons. The Morgan fingerprint density at radius 3 is 2.76 bits per heavy atom. The number of rotatable bonds is 9. The first-order valence-corrected chi connectivity index (χ1v) is 7.63. The van der Waals surface area contributed by atoms with Gasteiger partial charge in [-0.1, -0.05) is 37.3 Å². The summed E-state index contributed by atoms with van der Waals surface area (Å²) in [5.74, 6) is 0. The van der Waals surface area contributed by atoms with E-state index in [1.807, 2.05) is 17.8 Å². The summed E-state index contributed by atoms with van der Waals surface area (Å²) in [6.45, 7) is 5.42. The van der Waals surface area contributed by atoms with Crippen LogP contribution >= 0.6 is 0 Å². The van der Waals surface area contributed by atoms with E-state index in [9.17, 15) is 0 Å². The van der Waals surface area contributed by atoms with Crippen LogP contribution in [0.5, 0.6) is 0 Å². The molecule has 114 valence electrons. The Hall–Kier alpha value is -1.65. The highest BCUT2D eigenvalue weighted by atomic mass is 16.5. The standard InChI is InChI=1S/C17H25N3O/c1-3-16-12-17(20(2)19-16)14-21-11-7-10-18-13-15-8-5-4-6-9-15/h4-6,8-9,12,18H,3,7,10-11,13-14H2,1-2H3. The highest BCUT2D eigenvalue weighted by molar-refractivity contribution is 5.14. The second-order valence-corrected chi connectivity index (χ2v) is 5.17. The number of aromatic nitrogens is 2. The lowest BCUT2D eigenvalue weighted by Crippen LogP contribution is -2.16. The van der Waals surface area contributed by atoms with Crippen LogP contribution < -0.4 is 5.32 Å². The molecule has 1 aromatic carbocycles. The van der Waals surface area contributed by atoms with Crippen molar-refractivity contribution in [2.45, 2.75) is 32.9 Å². The molecule has 21 heavy (non-hydrogen) atoms. The van der Waals surface area contributed by atoms with E-state index in [2.05, 4.69) is 47.7 Å². The molecule has 0 atom stereocenters. The predicted octanol–water partition coefficient (Wildman–Crippen LogP) is 2.68. The Morgan fingerprint density at radius 1 is 1.24 bits per heavy atom. The quantitative estimate of drug-likeness (QED) is 0.721. The Labute approximate surface area is 127 Å². The minimum absolute atomic E-state index is 0.641. The molecule has 0 bridgehead atoms. The predicted molar refractivity (Wildman–Crippen MR) is 85.0 cm³/mol. The Bertz CT molecular complexity index is 522. The second-order valence-electron chi connectivity index (χ2n) is 5.17. The van der Waals surface area contributed by atoms with Gasteiger partial charge in [0.2, 0.25) is 0 Å². The minimum Gasteiger partial charge on any atom is -0.375 e. The molecule has 0 unspecified atom stereocenters. The monoisotopic (exact) mass is 287 g/mol. The summed E-state index contributed by atoms with van der Waals surface area (Å²) in [5.41, 5.74) is 3.59. The summed E-state index contributed by atoms with van der Waals surface area (Å²) >= 11 is 0. The molecule has 4 nitrogen and oxygen atoms in total. The fourth-order valence-corrected chi connectivity index (χ4v) is 2.18. The number of nitrogens with one attached hydrogen (secondary N) is 1. The molecule has 1 aromatic heterocycles. The largest absolute Gasteiger partial charge is 0.375 e. The third-order valence-electron chi connectivity index (χ3n) is 3.45. The average molecular weight is 287 g/mol. The summed E-state index contributed by atoms with van der Waals surface area (Å²) in [4.78, 5) is 0. The molecule has 2 aromatic rings. The first kappa shape index (κ1) is 15.7. The van der Waals surface area contributed by atoms with Crippen molar-refractivity contribution in [3.05, 3.63) is 53.3 Å². The Balaban J connectivity index is 1.55. The maximum absolute atomic E-state index is 5.71. The van der Waals surface area contributed by atoms with Crippen LogP contribution in [0.15, 0.2) is 36.4 Å². The van der Waals surface area contributed by atoms with Gasteiger partial charge < -0.3 is 10.1 Å². The highest BCUT2D eigenvalue weighted by Gasteiger charge is 2.03. The van der Waals surface area contributed by atoms with E-state index in [0.717, 1.165) is 43.9 Å². The maximum Gasteiger partial charge on any atom is 0.0884 e. The topological polar surface area (TPSA) is 39.1 Å². The van der Waals surface area contributed by atoms with Crippen LogP contribution in [0.25, 0.3) is 0 Å². The van der Waals surface area contributed by atoms with Crippen molar-refractivity contribution in [2.24, 2.45) is 7.05 Å². The SMILES string of the molecule is CCc1cc(COCCCNCc2ccccc2)n(C)n1. The van der Waals surface area contributed by atoms with Crippen molar-refractivity contribution in [2.75, 3.05) is 13.2 Å².